The molecule has 1 aromatic rings. The molecule has 0 saturated carbocycles. The molecule has 6 heteroatoms. The van der Waals surface area contributed by atoms with E-state index in [1.54, 1.807) is 24.3 Å². The summed E-state index contributed by atoms with van der Waals surface area (Å²) in [6.07, 6.45) is 2.69. The fourth-order valence-electron chi connectivity index (χ4n) is 2.55. The van der Waals surface area contributed by atoms with E-state index in [4.69, 9.17) is 16.3 Å². The largest absolute Gasteiger partial charge is 0.377 e. The summed E-state index contributed by atoms with van der Waals surface area (Å²) in [5, 5.41) is 0. The predicted octanol–water partition coefficient (Wildman–Crippen LogP) is 3.01. The molecular formula is C15H22ClNO3S. The van der Waals surface area contributed by atoms with E-state index in [9.17, 15) is 8.42 Å². The van der Waals surface area contributed by atoms with Crippen LogP contribution in [-0.4, -0.2) is 38.5 Å². The molecule has 1 heterocycles. The van der Waals surface area contributed by atoms with Crippen LogP contribution in [0.1, 0.15) is 31.7 Å². The zero-order valence-electron chi connectivity index (χ0n) is 12.3. The van der Waals surface area contributed by atoms with Crippen LogP contribution in [0.4, 0.5) is 0 Å². The summed E-state index contributed by atoms with van der Waals surface area (Å²) in [6, 6.07) is 6.93. The third-order valence-corrected chi connectivity index (χ3v) is 5.89. The lowest BCUT2D eigenvalue weighted by atomic mass is 10.1. The van der Waals surface area contributed by atoms with E-state index in [-0.39, 0.29) is 12.0 Å². The van der Waals surface area contributed by atoms with Gasteiger partial charge in [-0.15, -0.1) is 11.6 Å². The van der Waals surface area contributed by atoms with Gasteiger partial charge in [-0.25, -0.2) is 8.42 Å². The molecule has 0 amide bonds. The van der Waals surface area contributed by atoms with Crippen molar-refractivity contribution in [3.63, 3.8) is 0 Å². The van der Waals surface area contributed by atoms with E-state index >= 15 is 0 Å². The van der Waals surface area contributed by atoms with Gasteiger partial charge in [-0.05, 0) is 30.9 Å². The lowest BCUT2D eigenvalue weighted by molar-refractivity contribution is 0.0193. The van der Waals surface area contributed by atoms with Crippen LogP contribution in [0, 0.1) is 0 Å². The summed E-state index contributed by atoms with van der Waals surface area (Å²) in [5.74, 6) is 0.193. The minimum Gasteiger partial charge on any atom is -0.377 e. The van der Waals surface area contributed by atoms with Gasteiger partial charge in [0.25, 0.3) is 0 Å². The molecule has 118 valence electrons. The van der Waals surface area contributed by atoms with Gasteiger partial charge in [0.2, 0.25) is 10.0 Å². The molecule has 1 saturated heterocycles. The molecule has 0 bridgehead atoms. The molecule has 0 radical (unpaired) electrons. The first-order valence-electron chi connectivity index (χ1n) is 7.35. The number of halogens is 1. The smallest absolute Gasteiger partial charge is 0.243 e. The first-order chi connectivity index (χ1) is 10.1. The van der Waals surface area contributed by atoms with E-state index in [0.29, 0.717) is 30.2 Å². The van der Waals surface area contributed by atoms with E-state index in [0.717, 1.165) is 19.3 Å². The fraction of sp³-hybridized carbons (Fsp3) is 0.600. The average molecular weight is 332 g/mol. The molecule has 0 spiro atoms. The summed E-state index contributed by atoms with van der Waals surface area (Å²) in [4.78, 5) is 0.316. The molecule has 1 fully saturated rings. The van der Waals surface area contributed by atoms with Gasteiger partial charge in [-0.3, -0.25) is 0 Å². The van der Waals surface area contributed by atoms with Crippen LogP contribution in [0.5, 0.6) is 0 Å². The van der Waals surface area contributed by atoms with Crippen molar-refractivity contribution in [1.82, 2.24) is 4.31 Å². The molecular weight excluding hydrogens is 310 g/mol. The Labute approximate surface area is 132 Å². The van der Waals surface area contributed by atoms with Crippen molar-refractivity contribution in [3.05, 3.63) is 29.8 Å². The van der Waals surface area contributed by atoms with Gasteiger partial charge in [-0.1, -0.05) is 25.1 Å². The fourth-order valence-corrected chi connectivity index (χ4v) is 4.59. The molecule has 0 N–H and O–H groups in total. The van der Waals surface area contributed by atoms with Crippen molar-refractivity contribution < 1.29 is 13.2 Å². The highest BCUT2D eigenvalue weighted by molar-refractivity contribution is 7.89. The van der Waals surface area contributed by atoms with Crippen LogP contribution < -0.4 is 0 Å². The topological polar surface area (TPSA) is 46.6 Å². The summed E-state index contributed by atoms with van der Waals surface area (Å²) >= 11 is 5.87. The van der Waals surface area contributed by atoms with Gasteiger partial charge < -0.3 is 4.74 Å². The minimum atomic E-state index is -3.49. The van der Waals surface area contributed by atoms with Crippen molar-refractivity contribution in [3.8, 4) is 0 Å². The Kier molecular flexibility index (Phi) is 6.05. The molecule has 1 aliphatic rings. The molecule has 21 heavy (non-hydrogen) atoms. The highest BCUT2D eigenvalue weighted by atomic mass is 35.5. The molecule has 4 nitrogen and oxygen atoms in total. The van der Waals surface area contributed by atoms with Crippen molar-refractivity contribution in [2.75, 3.05) is 19.7 Å². The van der Waals surface area contributed by atoms with E-state index < -0.39 is 10.0 Å². The Bertz CT molecular complexity index is 562. The number of alkyl halides is 1. The molecule has 1 aliphatic heterocycles. The Morgan fingerprint density at radius 1 is 1.38 bits per heavy atom. The Morgan fingerprint density at radius 3 is 2.86 bits per heavy atom. The van der Waals surface area contributed by atoms with Crippen LogP contribution in [0.25, 0.3) is 0 Å². The number of nitrogens with zero attached hydrogens (tertiary/aromatic N) is 1. The van der Waals surface area contributed by atoms with Crippen molar-refractivity contribution >= 4 is 21.6 Å². The highest BCUT2D eigenvalue weighted by Gasteiger charge is 2.31. The van der Waals surface area contributed by atoms with Crippen LogP contribution in [0.15, 0.2) is 29.2 Å². The van der Waals surface area contributed by atoms with Gasteiger partial charge in [0, 0.05) is 25.6 Å². The third-order valence-electron chi connectivity index (χ3n) is 3.63. The van der Waals surface area contributed by atoms with Gasteiger partial charge in [0.05, 0.1) is 11.0 Å². The standard InChI is InChI=1S/C15H22ClNO3S/c1-2-10-20-14-7-5-9-17(12-14)21(18,19)15-8-4-3-6-13(15)11-16/h3-4,6,8,14H,2,5,7,9-12H2,1H3. The molecule has 0 aromatic heterocycles. The van der Waals surface area contributed by atoms with Gasteiger partial charge >= 0.3 is 0 Å². The monoisotopic (exact) mass is 331 g/mol. The molecule has 0 aliphatic carbocycles. The highest BCUT2D eigenvalue weighted by Crippen LogP contribution is 2.25. The normalized spacial score (nSPS) is 20.6. The molecule has 1 aromatic carbocycles. The number of piperidine rings is 1. The van der Waals surface area contributed by atoms with E-state index in [2.05, 4.69) is 0 Å². The van der Waals surface area contributed by atoms with E-state index in [1.165, 1.54) is 4.31 Å². The number of ether oxygens (including phenoxy) is 1. The zero-order chi connectivity index (χ0) is 15.3. The Balaban J connectivity index is 2.18. The number of sulfonamides is 1. The number of benzene rings is 1. The van der Waals surface area contributed by atoms with Crippen molar-refractivity contribution in [1.29, 1.82) is 0 Å². The van der Waals surface area contributed by atoms with Crippen LogP contribution in [0.3, 0.4) is 0 Å². The van der Waals surface area contributed by atoms with E-state index in [1.807, 2.05) is 6.92 Å². The van der Waals surface area contributed by atoms with Crippen LogP contribution in [-0.2, 0) is 20.6 Å². The molecule has 1 unspecified atom stereocenters. The summed E-state index contributed by atoms with van der Waals surface area (Å²) in [6.45, 7) is 3.70. The van der Waals surface area contributed by atoms with Crippen molar-refractivity contribution in [2.45, 2.75) is 43.1 Å². The number of hydrogen-bond donors (Lipinski definition) is 0. The SMILES string of the molecule is CCCOC1CCCN(S(=O)(=O)c2ccccc2CCl)C1. The Morgan fingerprint density at radius 2 is 2.14 bits per heavy atom. The lowest BCUT2D eigenvalue weighted by Crippen LogP contribution is -2.43. The second-order valence-electron chi connectivity index (χ2n) is 5.24. The van der Waals surface area contributed by atoms with Gasteiger partial charge in [-0.2, -0.15) is 4.31 Å². The van der Waals surface area contributed by atoms with Crippen LogP contribution in [0.2, 0.25) is 0 Å². The maximum absolute atomic E-state index is 12.8. The summed E-state index contributed by atoms with van der Waals surface area (Å²) < 4.78 is 32.8. The van der Waals surface area contributed by atoms with Gasteiger partial charge in [0.15, 0.2) is 0 Å². The minimum absolute atomic E-state index is 0.00311. The second-order valence-corrected chi connectivity index (χ2v) is 7.41. The third kappa shape index (κ3) is 3.97. The number of hydrogen-bond acceptors (Lipinski definition) is 3. The quantitative estimate of drug-likeness (QED) is 0.753. The number of rotatable bonds is 6. The first-order valence-corrected chi connectivity index (χ1v) is 9.32. The van der Waals surface area contributed by atoms with Crippen LogP contribution >= 0.6 is 11.6 Å². The first kappa shape index (κ1) is 16.7. The average Bonchev–Trinajstić information content (AvgIpc) is 2.53. The van der Waals surface area contributed by atoms with Gasteiger partial charge in [0.1, 0.15) is 0 Å². The predicted molar refractivity (Wildman–Crippen MR) is 84.0 cm³/mol. The summed E-state index contributed by atoms with van der Waals surface area (Å²) in [7, 11) is -3.49. The second kappa shape index (κ2) is 7.58. The zero-order valence-corrected chi connectivity index (χ0v) is 13.9. The lowest BCUT2D eigenvalue weighted by Gasteiger charge is -2.32. The van der Waals surface area contributed by atoms with Crippen molar-refractivity contribution in [2.24, 2.45) is 0 Å². The maximum atomic E-state index is 12.8. The molecule has 2 rings (SSSR count). The molecule has 1 atom stereocenters. The Hall–Kier alpha value is -0.620. The summed E-state index contributed by atoms with van der Waals surface area (Å²) in [5.41, 5.74) is 0.649. The maximum Gasteiger partial charge on any atom is 0.243 e.